The number of allylic oxidation sites excluding steroid dienone is 1. The number of fused-ring (bicyclic) bond motifs is 4. The van der Waals surface area contributed by atoms with E-state index in [1.165, 1.54) is 0 Å². The maximum Gasteiger partial charge on any atom is 0.336 e. The van der Waals surface area contributed by atoms with Crippen LogP contribution in [0.1, 0.15) is 66.2 Å². The molecule has 0 aromatic carbocycles. The second-order valence-electron chi connectivity index (χ2n) is 12.5. The molecule has 0 bridgehead atoms. The summed E-state index contributed by atoms with van der Waals surface area (Å²) in [5, 5.41) is 20.4. The molecule has 0 amide bonds. The molecule has 1 spiro atoms. The third-order valence-electron chi connectivity index (χ3n) is 11.6. The van der Waals surface area contributed by atoms with E-state index >= 15 is 0 Å². The van der Waals surface area contributed by atoms with E-state index in [0.29, 0.717) is 29.7 Å². The van der Waals surface area contributed by atoms with E-state index in [4.69, 9.17) is 9.47 Å². The summed E-state index contributed by atoms with van der Waals surface area (Å²) in [6, 6.07) is 0. The molecule has 34 heavy (non-hydrogen) atoms. The Hall–Kier alpha value is -1.50. The number of esters is 1. The monoisotopic (exact) mass is 470 g/mol. The maximum atomic E-state index is 13.3. The first-order chi connectivity index (χ1) is 16.1. The predicted molar refractivity (Wildman–Crippen MR) is 124 cm³/mol. The van der Waals surface area contributed by atoms with Crippen LogP contribution in [0.25, 0.3) is 0 Å². The van der Waals surface area contributed by atoms with Gasteiger partial charge in [-0.2, -0.15) is 0 Å². The van der Waals surface area contributed by atoms with Crippen molar-refractivity contribution in [3.05, 3.63) is 23.3 Å². The summed E-state index contributed by atoms with van der Waals surface area (Å²) >= 11 is 0. The Balaban J connectivity index is 1.27. The average Bonchev–Trinajstić information content (AvgIpc) is 3.43. The lowest BCUT2D eigenvalue weighted by Gasteiger charge is -2.58. The van der Waals surface area contributed by atoms with E-state index in [0.717, 1.165) is 37.7 Å². The van der Waals surface area contributed by atoms with Crippen LogP contribution >= 0.6 is 0 Å². The summed E-state index contributed by atoms with van der Waals surface area (Å²) in [6.45, 7) is 8.41. The van der Waals surface area contributed by atoms with Gasteiger partial charge in [0.15, 0.2) is 5.78 Å². The molecule has 186 valence electrons. The van der Waals surface area contributed by atoms with E-state index in [1.54, 1.807) is 12.2 Å². The Morgan fingerprint density at radius 2 is 1.94 bits per heavy atom. The minimum Gasteiger partial charge on any atom is -0.458 e. The molecule has 0 unspecified atom stereocenters. The summed E-state index contributed by atoms with van der Waals surface area (Å²) in [4.78, 5) is 25.8. The molecule has 0 aromatic heterocycles. The number of epoxide rings is 1. The molecular weight excluding hydrogens is 432 g/mol. The van der Waals surface area contributed by atoms with Crippen LogP contribution in [-0.2, 0) is 19.1 Å². The van der Waals surface area contributed by atoms with E-state index in [-0.39, 0.29) is 47.8 Å². The number of carbonyl (C=O) groups excluding carboxylic acids is 2. The molecule has 2 heterocycles. The molecule has 6 rings (SSSR count). The SMILES string of the molecule is CC1=C(CO)C(=O)O[C@@H]([C@@H](C)[C@H]2CC[C@H]3[C@@H]4C[C@H]5O[C@]56[C@@H](O)C=CC(=O)[C@]6(C)[C@@H]4CC[C@]23C)C1. The zero-order chi connectivity index (χ0) is 24.2. The van der Waals surface area contributed by atoms with Gasteiger partial charge in [-0.15, -0.1) is 0 Å². The van der Waals surface area contributed by atoms with Crippen molar-refractivity contribution in [2.24, 2.45) is 40.4 Å². The van der Waals surface area contributed by atoms with Crippen LogP contribution in [0.15, 0.2) is 23.3 Å². The van der Waals surface area contributed by atoms with Crippen LogP contribution in [0.4, 0.5) is 0 Å². The van der Waals surface area contributed by atoms with Crippen molar-refractivity contribution in [2.45, 2.75) is 90.1 Å². The second-order valence-corrected chi connectivity index (χ2v) is 12.5. The fraction of sp³-hybridized carbons (Fsp3) is 0.786. The van der Waals surface area contributed by atoms with Crippen molar-refractivity contribution in [3.8, 4) is 0 Å². The number of ketones is 1. The molecule has 0 radical (unpaired) electrons. The summed E-state index contributed by atoms with van der Waals surface area (Å²) in [6.07, 6.45) is 8.23. The Morgan fingerprint density at radius 1 is 1.18 bits per heavy atom. The lowest BCUT2D eigenvalue weighted by atomic mass is 9.44. The highest BCUT2D eigenvalue weighted by Crippen LogP contribution is 2.73. The molecule has 6 nitrogen and oxygen atoms in total. The van der Waals surface area contributed by atoms with Crippen LogP contribution in [0.5, 0.6) is 0 Å². The number of aliphatic hydroxyl groups is 2. The number of aliphatic hydroxyl groups excluding tert-OH is 2. The number of ether oxygens (including phenoxy) is 2. The number of hydrogen-bond acceptors (Lipinski definition) is 6. The number of hydrogen-bond donors (Lipinski definition) is 2. The lowest BCUT2D eigenvalue weighted by Crippen LogP contribution is -2.63. The van der Waals surface area contributed by atoms with E-state index in [9.17, 15) is 19.8 Å². The normalized spacial score (nSPS) is 52.4. The van der Waals surface area contributed by atoms with Crippen molar-refractivity contribution in [1.82, 2.24) is 0 Å². The molecule has 3 saturated carbocycles. The van der Waals surface area contributed by atoms with Gasteiger partial charge >= 0.3 is 5.97 Å². The third kappa shape index (κ3) is 2.63. The van der Waals surface area contributed by atoms with Crippen molar-refractivity contribution in [2.75, 3.05) is 6.61 Å². The maximum absolute atomic E-state index is 13.3. The number of cyclic esters (lactones) is 1. The van der Waals surface area contributed by atoms with Crippen molar-refractivity contribution in [1.29, 1.82) is 0 Å². The minimum absolute atomic E-state index is 0.0366. The van der Waals surface area contributed by atoms with Gasteiger partial charge in [-0.1, -0.05) is 19.4 Å². The molecule has 2 N–H and O–H groups in total. The van der Waals surface area contributed by atoms with Gasteiger partial charge in [0, 0.05) is 6.42 Å². The first-order valence-electron chi connectivity index (χ1n) is 13.2. The zero-order valence-electron chi connectivity index (χ0n) is 20.8. The van der Waals surface area contributed by atoms with Crippen molar-refractivity contribution in [3.63, 3.8) is 0 Å². The fourth-order valence-corrected chi connectivity index (χ4v) is 9.69. The summed E-state index contributed by atoms with van der Waals surface area (Å²) < 4.78 is 12.1. The van der Waals surface area contributed by atoms with Gasteiger partial charge in [-0.25, -0.2) is 4.79 Å². The Morgan fingerprint density at radius 3 is 2.65 bits per heavy atom. The van der Waals surface area contributed by atoms with Gasteiger partial charge in [-0.3, -0.25) is 4.79 Å². The smallest absolute Gasteiger partial charge is 0.336 e. The molecule has 4 aliphatic carbocycles. The first kappa shape index (κ1) is 22.9. The Labute approximate surface area is 201 Å². The van der Waals surface area contributed by atoms with Crippen LogP contribution in [0, 0.1) is 40.4 Å². The highest BCUT2D eigenvalue weighted by atomic mass is 16.6. The van der Waals surface area contributed by atoms with E-state index < -0.39 is 17.1 Å². The zero-order valence-corrected chi connectivity index (χ0v) is 20.8. The number of carbonyl (C=O) groups is 2. The average molecular weight is 471 g/mol. The summed E-state index contributed by atoms with van der Waals surface area (Å²) in [7, 11) is 0. The van der Waals surface area contributed by atoms with Crippen LogP contribution in [0.3, 0.4) is 0 Å². The molecule has 4 fully saturated rings. The van der Waals surface area contributed by atoms with Gasteiger partial charge in [-0.05, 0) is 93.1 Å². The number of rotatable bonds is 3. The molecular formula is C28H38O6. The molecule has 1 saturated heterocycles. The van der Waals surface area contributed by atoms with Gasteiger partial charge in [0.25, 0.3) is 0 Å². The van der Waals surface area contributed by atoms with Crippen LogP contribution in [-0.4, -0.2) is 52.5 Å². The molecule has 0 aromatic rings. The van der Waals surface area contributed by atoms with Crippen molar-refractivity contribution >= 4 is 11.8 Å². The van der Waals surface area contributed by atoms with E-state index in [1.807, 2.05) is 6.92 Å². The Kier molecular flexibility index (Phi) is 4.90. The predicted octanol–water partition coefficient (Wildman–Crippen LogP) is 3.35. The lowest BCUT2D eigenvalue weighted by molar-refractivity contribution is -0.155. The van der Waals surface area contributed by atoms with Gasteiger partial charge in [0.05, 0.1) is 23.7 Å². The van der Waals surface area contributed by atoms with Gasteiger partial charge < -0.3 is 19.7 Å². The highest BCUT2D eigenvalue weighted by Gasteiger charge is 2.80. The topological polar surface area (TPSA) is 96.4 Å². The van der Waals surface area contributed by atoms with Crippen molar-refractivity contribution < 1.29 is 29.3 Å². The highest BCUT2D eigenvalue weighted by molar-refractivity contribution is 5.98. The third-order valence-corrected chi connectivity index (χ3v) is 11.6. The largest absolute Gasteiger partial charge is 0.458 e. The van der Waals surface area contributed by atoms with Crippen LogP contribution in [0.2, 0.25) is 0 Å². The first-order valence-corrected chi connectivity index (χ1v) is 13.2. The van der Waals surface area contributed by atoms with Gasteiger partial charge in [0.2, 0.25) is 0 Å². The summed E-state index contributed by atoms with van der Waals surface area (Å²) in [5.41, 5.74) is 0.129. The quantitative estimate of drug-likeness (QED) is 0.485. The minimum atomic E-state index is -0.719. The summed E-state index contributed by atoms with van der Waals surface area (Å²) in [5.74, 6) is 1.61. The second kappa shape index (κ2) is 7.27. The van der Waals surface area contributed by atoms with E-state index in [2.05, 4.69) is 20.8 Å². The van der Waals surface area contributed by atoms with Crippen LogP contribution < -0.4 is 0 Å². The van der Waals surface area contributed by atoms with Gasteiger partial charge in [0.1, 0.15) is 17.8 Å². The fourth-order valence-electron chi connectivity index (χ4n) is 9.69. The molecule has 2 aliphatic heterocycles. The molecule has 11 atom stereocenters. The Bertz CT molecular complexity index is 999. The molecule has 6 aliphatic rings. The molecule has 6 heteroatoms. The standard InChI is InChI=1S/C28H38O6/c1-14-11-21(33-25(32)17(14)13-29)15(2)18-5-6-19-16-12-24-28(34-24)23(31)8-7-22(30)27(28,4)20(16)9-10-26(18,19)3/h7-8,15-16,18-21,23-24,29,31H,5-6,9-13H2,1-4H3/t15-,16-,18+,19-,20+,21+,23-,24+,26+,27-,28+/m0/s1.